The van der Waals surface area contributed by atoms with E-state index in [1.54, 1.807) is 25.3 Å². The maximum Gasteiger partial charge on any atom is 0.201 e. The zero-order valence-electron chi connectivity index (χ0n) is 14.5. The Balaban J connectivity index is 2.39. The molecule has 0 aliphatic carbocycles. The van der Waals surface area contributed by atoms with Crippen LogP contribution in [0.5, 0.6) is 28.7 Å². The first-order chi connectivity index (χ1) is 11.6. The highest BCUT2D eigenvalue weighted by Crippen LogP contribution is 2.42. The van der Waals surface area contributed by atoms with Gasteiger partial charge in [-0.3, -0.25) is 0 Å². The van der Waals surface area contributed by atoms with Crippen molar-refractivity contribution in [1.29, 1.82) is 0 Å². The first-order valence-corrected chi connectivity index (χ1v) is 7.98. The summed E-state index contributed by atoms with van der Waals surface area (Å²) in [5.41, 5.74) is 2.13. The Morgan fingerprint density at radius 2 is 1.62 bits per heavy atom. The van der Waals surface area contributed by atoms with E-state index in [4.69, 9.17) is 14.2 Å². The monoisotopic (exact) mass is 328 g/mol. The van der Waals surface area contributed by atoms with Crippen molar-refractivity contribution in [2.24, 2.45) is 0 Å². The van der Waals surface area contributed by atoms with E-state index in [2.05, 4.69) is 13.5 Å². The average Bonchev–Trinajstić information content (AvgIpc) is 2.59. The van der Waals surface area contributed by atoms with Gasteiger partial charge in [-0.1, -0.05) is 25.5 Å². The maximum absolute atomic E-state index is 10.3. The molecule has 0 radical (unpaired) electrons. The molecule has 128 valence electrons. The van der Waals surface area contributed by atoms with E-state index >= 15 is 0 Å². The molecule has 0 bridgehead atoms. The molecule has 2 aromatic rings. The first kappa shape index (κ1) is 17.7. The second kappa shape index (κ2) is 8.29. The van der Waals surface area contributed by atoms with Gasteiger partial charge in [0.2, 0.25) is 5.75 Å². The first-order valence-electron chi connectivity index (χ1n) is 7.98. The minimum absolute atomic E-state index is 0.0370. The summed E-state index contributed by atoms with van der Waals surface area (Å²) in [5.74, 6) is 1.84. The summed E-state index contributed by atoms with van der Waals surface area (Å²) < 4.78 is 16.6. The number of benzene rings is 2. The summed E-state index contributed by atoms with van der Waals surface area (Å²) in [6.07, 6.45) is 4.48. The van der Waals surface area contributed by atoms with Crippen LogP contribution in [0.2, 0.25) is 0 Å². The van der Waals surface area contributed by atoms with Crippen LogP contribution < -0.4 is 14.2 Å². The smallest absolute Gasteiger partial charge is 0.201 e. The SMILES string of the molecule is C=CCc1cc(OC)c(O)c(Oc2ccc(CCC)cc2OC)c1. The molecule has 0 fully saturated rings. The zero-order valence-corrected chi connectivity index (χ0v) is 14.5. The van der Waals surface area contributed by atoms with E-state index < -0.39 is 0 Å². The predicted octanol–water partition coefficient (Wildman–Crippen LogP) is 4.88. The van der Waals surface area contributed by atoms with Crippen LogP contribution >= 0.6 is 0 Å². The van der Waals surface area contributed by atoms with E-state index in [0.717, 1.165) is 18.4 Å². The third-order valence-corrected chi connectivity index (χ3v) is 3.69. The molecular weight excluding hydrogens is 304 g/mol. The summed E-state index contributed by atoms with van der Waals surface area (Å²) in [7, 11) is 3.11. The Hall–Kier alpha value is -2.62. The van der Waals surface area contributed by atoms with Crippen molar-refractivity contribution in [3.63, 3.8) is 0 Å². The molecule has 1 N–H and O–H groups in total. The number of phenols is 1. The van der Waals surface area contributed by atoms with Gasteiger partial charge in [-0.25, -0.2) is 0 Å². The van der Waals surface area contributed by atoms with Crippen LogP contribution in [0.25, 0.3) is 0 Å². The van der Waals surface area contributed by atoms with E-state index in [-0.39, 0.29) is 5.75 Å². The Labute approximate surface area is 143 Å². The van der Waals surface area contributed by atoms with E-state index in [1.165, 1.54) is 12.7 Å². The Morgan fingerprint density at radius 3 is 2.25 bits per heavy atom. The molecule has 4 heteroatoms. The van der Waals surface area contributed by atoms with Gasteiger partial charge in [0.25, 0.3) is 0 Å². The van der Waals surface area contributed by atoms with Crippen molar-refractivity contribution in [3.05, 3.63) is 54.1 Å². The van der Waals surface area contributed by atoms with Crippen LogP contribution in [-0.2, 0) is 12.8 Å². The van der Waals surface area contributed by atoms with Gasteiger partial charge in [0.05, 0.1) is 14.2 Å². The van der Waals surface area contributed by atoms with E-state index in [1.807, 2.05) is 18.2 Å². The number of rotatable bonds is 8. The second-order valence-corrected chi connectivity index (χ2v) is 5.47. The number of hydrogen-bond donors (Lipinski definition) is 1. The van der Waals surface area contributed by atoms with E-state index in [0.29, 0.717) is 29.4 Å². The van der Waals surface area contributed by atoms with Crippen LogP contribution in [0.1, 0.15) is 24.5 Å². The van der Waals surface area contributed by atoms with Gasteiger partial charge in [-0.05, 0) is 48.2 Å². The molecule has 4 nitrogen and oxygen atoms in total. The van der Waals surface area contributed by atoms with Crippen molar-refractivity contribution in [1.82, 2.24) is 0 Å². The normalized spacial score (nSPS) is 10.3. The van der Waals surface area contributed by atoms with Crippen LogP contribution in [0.15, 0.2) is 43.0 Å². The minimum Gasteiger partial charge on any atom is -0.502 e. The Bertz CT molecular complexity index is 707. The summed E-state index contributed by atoms with van der Waals surface area (Å²) >= 11 is 0. The molecule has 0 aromatic heterocycles. The third kappa shape index (κ3) is 4.02. The van der Waals surface area contributed by atoms with Crippen molar-refractivity contribution in [2.45, 2.75) is 26.2 Å². The van der Waals surface area contributed by atoms with Crippen molar-refractivity contribution in [3.8, 4) is 28.7 Å². The molecule has 2 aromatic carbocycles. The van der Waals surface area contributed by atoms with Gasteiger partial charge < -0.3 is 19.3 Å². The van der Waals surface area contributed by atoms with Gasteiger partial charge in [0.15, 0.2) is 23.0 Å². The molecule has 0 unspecified atom stereocenters. The lowest BCUT2D eigenvalue weighted by Crippen LogP contribution is -1.95. The second-order valence-electron chi connectivity index (χ2n) is 5.47. The van der Waals surface area contributed by atoms with Gasteiger partial charge in [-0.2, -0.15) is 0 Å². The molecule has 0 atom stereocenters. The number of aryl methyl sites for hydroxylation is 1. The summed E-state index contributed by atoms with van der Waals surface area (Å²) in [4.78, 5) is 0. The lowest BCUT2D eigenvalue weighted by Gasteiger charge is -2.15. The topological polar surface area (TPSA) is 47.9 Å². The highest BCUT2D eigenvalue weighted by molar-refractivity contribution is 5.56. The van der Waals surface area contributed by atoms with E-state index in [9.17, 15) is 5.11 Å². The number of allylic oxidation sites excluding steroid dienone is 1. The van der Waals surface area contributed by atoms with Crippen molar-refractivity contribution < 1.29 is 19.3 Å². The molecule has 0 amide bonds. The highest BCUT2D eigenvalue weighted by Gasteiger charge is 2.15. The highest BCUT2D eigenvalue weighted by atomic mass is 16.5. The van der Waals surface area contributed by atoms with Crippen molar-refractivity contribution in [2.75, 3.05) is 14.2 Å². The van der Waals surface area contributed by atoms with Crippen LogP contribution in [0.3, 0.4) is 0 Å². The molecule has 2 rings (SSSR count). The molecular formula is C20H24O4. The standard InChI is InChI=1S/C20H24O4/c1-5-7-14-9-10-16(17(11-14)22-3)24-19-13-15(8-6-2)12-18(23-4)20(19)21/h6,9-13,21H,2,5,7-8H2,1,3-4H3. The molecule has 0 saturated carbocycles. The maximum atomic E-state index is 10.3. The molecule has 24 heavy (non-hydrogen) atoms. The Morgan fingerprint density at radius 1 is 0.958 bits per heavy atom. The van der Waals surface area contributed by atoms with Gasteiger partial charge in [-0.15, -0.1) is 6.58 Å². The number of phenolic OH excluding ortho intramolecular Hbond substituents is 1. The molecule has 0 saturated heterocycles. The number of hydrogen-bond acceptors (Lipinski definition) is 4. The minimum atomic E-state index is -0.0370. The average molecular weight is 328 g/mol. The molecule has 0 aliphatic rings. The zero-order chi connectivity index (χ0) is 17.5. The van der Waals surface area contributed by atoms with Crippen LogP contribution in [-0.4, -0.2) is 19.3 Å². The Kier molecular flexibility index (Phi) is 6.13. The van der Waals surface area contributed by atoms with Crippen LogP contribution in [0.4, 0.5) is 0 Å². The number of aromatic hydroxyl groups is 1. The third-order valence-electron chi connectivity index (χ3n) is 3.69. The number of ether oxygens (including phenoxy) is 3. The summed E-state index contributed by atoms with van der Waals surface area (Å²) in [5, 5.41) is 10.3. The van der Waals surface area contributed by atoms with Gasteiger partial charge in [0.1, 0.15) is 0 Å². The molecule has 0 heterocycles. The summed E-state index contributed by atoms with van der Waals surface area (Å²) in [6, 6.07) is 9.37. The predicted molar refractivity (Wildman–Crippen MR) is 95.6 cm³/mol. The molecule has 0 spiro atoms. The fourth-order valence-electron chi connectivity index (χ4n) is 2.51. The lowest BCUT2D eigenvalue weighted by molar-refractivity contribution is 0.343. The largest absolute Gasteiger partial charge is 0.502 e. The van der Waals surface area contributed by atoms with Gasteiger partial charge >= 0.3 is 0 Å². The lowest BCUT2D eigenvalue weighted by atomic mass is 10.1. The quantitative estimate of drug-likeness (QED) is 0.701. The fourth-order valence-corrected chi connectivity index (χ4v) is 2.51. The molecule has 0 aliphatic heterocycles. The van der Waals surface area contributed by atoms with Crippen LogP contribution in [0, 0.1) is 0 Å². The fraction of sp³-hybridized carbons (Fsp3) is 0.300. The number of methoxy groups -OCH3 is 2. The summed E-state index contributed by atoms with van der Waals surface area (Å²) in [6.45, 7) is 5.87. The van der Waals surface area contributed by atoms with Crippen molar-refractivity contribution >= 4 is 0 Å². The van der Waals surface area contributed by atoms with Gasteiger partial charge in [0, 0.05) is 0 Å².